The Morgan fingerprint density at radius 3 is 2.28 bits per heavy atom. The van der Waals surface area contributed by atoms with Crippen LogP contribution in [0.4, 0.5) is 0 Å². The zero-order chi connectivity index (χ0) is 13.6. The zero-order valence-electron chi connectivity index (χ0n) is 11.2. The molecule has 0 aromatic heterocycles. The summed E-state index contributed by atoms with van der Waals surface area (Å²) < 4.78 is 4.77. The van der Waals surface area contributed by atoms with Gasteiger partial charge in [0.2, 0.25) is 0 Å². The number of hydrogen-bond donors (Lipinski definition) is 0. The van der Waals surface area contributed by atoms with E-state index in [1.54, 1.807) is 20.8 Å². The van der Waals surface area contributed by atoms with Gasteiger partial charge in [-0.15, -0.1) is 0 Å². The molecule has 1 rings (SSSR count). The molecule has 0 spiro atoms. The second-order valence-electron chi connectivity index (χ2n) is 5.35. The summed E-state index contributed by atoms with van der Waals surface area (Å²) in [6, 6.07) is 9.94. The molecule has 98 valence electrons. The van der Waals surface area contributed by atoms with E-state index >= 15 is 0 Å². The van der Waals surface area contributed by atoms with E-state index in [2.05, 4.69) is 0 Å². The summed E-state index contributed by atoms with van der Waals surface area (Å²) in [6.45, 7) is 5.19. The van der Waals surface area contributed by atoms with Crippen molar-refractivity contribution in [2.24, 2.45) is 5.41 Å². The standard InChI is InChI=1S/C15H20O3/c1-15(2,3)14(17)18-13(16)11-7-10-12-8-5-4-6-9-12/h4-6,8-9H,7,10-11H2,1-3H3. The largest absolute Gasteiger partial charge is 0.393 e. The molecular weight excluding hydrogens is 228 g/mol. The van der Waals surface area contributed by atoms with Gasteiger partial charge >= 0.3 is 11.9 Å². The molecule has 0 amide bonds. The first-order valence-electron chi connectivity index (χ1n) is 6.18. The van der Waals surface area contributed by atoms with Crippen LogP contribution < -0.4 is 0 Å². The lowest BCUT2D eigenvalue weighted by Crippen LogP contribution is -2.25. The van der Waals surface area contributed by atoms with E-state index in [1.807, 2.05) is 30.3 Å². The van der Waals surface area contributed by atoms with Gasteiger partial charge in [-0.2, -0.15) is 0 Å². The van der Waals surface area contributed by atoms with E-state index in [9.17, 15) is 9.59 Å². The molecule has 18 heavy (non-hydrogen) atoms. The predicted molar refractivity (Wildman–Crippen MR) is 69.9 cm³/mol. The molecule has 0 radical (unpaired) electrons. The quantitative estimate of drug-likeness (QED) is 0.607. The average molecular weight is 248 g/mol. The van der Waals surface area contributed by atoms with Crippen LogP contribution >= 0.6 is 0 Å². The highest BCUT2D eigenvalue weighted by Gasteiger charge is 2.25. The predicted octanol–water partition coefficient (Wildman–Crippen LogP) is 3.13. The summed E-state index contributed by atoms with van der Waals surface area (Å²) >= 11 is 0. The van der Waals surface area contributed by atoms with Crippen LogP contribution in [0, 0.1) is 5.41 Å². The number of aryl methyl sites for hydroxylation is 1. The number of carbonyl (C=O) groups is 2. The van der Waals surface area contributed by atoms with Gasteiger partial charge in [0.25, 0.3) is 0 Å². The third kappa shape index (κ3) is 5.13. The van der Waals surface area contributed by atoms with Crippen molar-refractivity contribution in [3.63, 3.8) is 0 Å². The normalized spacial score (nSPS) is 11.1. The minimum atomic E-state index is -0.630. The van der Waals surface area contributed by atoms with Crippen LogP contribution in [0.2, 0.25) is 0 Å². The maximum Gasteiger partial charge on any atom is 0.318 e. The first kappa shape index (κ1) is 14.4. The highest BCUT2D eigenvalue weighted by molar-refractivity contribution is 5.88. The van der Waals surface area contributed by atoms with E-state index in [0.29, 0.717) is 6.42 Å². The molecule has 0 saturated heterocycles. The Kier molecular flexibility index (Phi) is 5.08. The van der Waals surface area contributed by atoms with E-state index < -0.39 is 17.4 Å². The van der Waals surface area contributed by atoms with Gasteiger partial charge in [0.15, 0.2) is 0 Å². The van der Waals surface area contributed by atoms with Gasteiger partial charge in [-0.1, -0.05) is 30.3 Å². The Bertz CT molecular complexity index is 401. The first-order valence-corrected chi connectivity index (χ1v) is 6.18. The molecule has 0 aliphatic carbocycles. The molecule has 0 bridgehead atoms. The highest BCUT2D eigenvalue weighted by atomic mass is 16.6. The second-order valence-corrected chi connectivity index (χ2v) is 5.35. The zero-order valence-corrected chi connectivity index (χ0v) is 11.2. The molecule has 3 heteroatoms. The fourth-order valence-electron chi connectivity index (χ4n) is 1.39. The summed E-state index contributed by atoms with van der Waals surface area (Å²) in [5, 5.41) is 0. The van der Waals surface area contributed by atoms with E-state index in [1.165, 1.54) is 5.56 Å². The molecule has 3 nitrogen and oxygen atoms in total. The SMILES string of the molecule is CC(C)(C)C(=O)OC(=O)CCCc1ccccc1. The third-order valence-corrected chi connectivity index (χ3v) is 2.51. The lowest BCUT2D eigenvalue weighted by atomic mass is 9.97. The number of ether oxygens (including phenoxy) is 1. The van der Waals surface area contributed by atoms with Crippen LogP contribution in [-0.2, 0) is 20.7 Å². The van der Waals surface area contributed by atoms with Crippen LogP contribution in [0.25, 0.3) is 0 Å². The Balaban J connectivity index is 2.28. The van der Waals surface area contributed by atoms with Crippen molar-refractivity contribution < 1.29 is 14.3 Å². The highest BCUT2D eigenvalue weighted by Crippen LogP contribution is 2.16. The van der Waals surface area contributed by atoms with Crippen LogP contribution in [0.15, 0.2) is 30.3 Å². The number of carbonyl (C=O) groups excluding carboxylic acids is 2. The molecule has 0 fully saturated rings. The van der Waals surface area contributed by atoms with Crippen molar-refractivity contribution in [1.29, 1.82) is 0 Å². The minimum Gasteiger partial charge on any atom is -0.393 e. The number of rotatable bonds is 4. The maximum atomic E-state index is 11.5. The number of esters is 2. The summed E-state index contributed by atoms with van der Waals surface area (Å²) in [7, 11) is 0. The Morgan fingerprint density at radius 2 is 1.72 bits per heavy atom. The van der Waals surface area contributed by atoms with E-state index in [-0.39, 0.29) is 6.42 Å². The van der Waals surface area contributed by atoms with Crippen LogP contribution in [0.5, 0.6) is 0 Å². The second kappa shape index (κ2) is 6.34. The van der Waals surface area contributed by atoms with Crippen molar-refractivity contribution in [3.8, 4) is 0 Å². The Labute approximate surface area is 108 Å². The molecule has 0 saturated carbocycles. The third-order valence-electron chi connectivity index (χ3n) is 2.51. The van der Waals surface area contributed by atoms with Crippen LogP contribution in [-0.4, -0.2) is 11.9 Å². The monoisotopic (exact) mass is 248 g/mol. The molecule has 1 aromatic carbocycles. The van der Waals surface area contributed by atoms with Crippen molar-refractivity contribution in [1.82, 2.24) is 0 Å². The lowest BCUT2D eigenvalue weighted by Gasteiger charge is -2.15. The number of hydrogen-bond acceptors (Lipinski definition) is 3. The average Bonchev–Trinajstić information content (AvgIpc) is 2.29. The smallest absolute Gasteiger partial charge is 0.318 e. The molecule has 0 aliphatic rings. The molecule has 0 N–H and O–H groups in total. The topological polar surface area (TPSA) is 43.4 Å². The number of benzene rings is 1. The summed E-state index contributed by atoms with van der Waals surface area (Å²) in [5.74, 6) is -0.905. The fourth-order valence-corrected chi connectivity index (χ4v) is 1.39. The fraction of sp³-hybridized carbons (Fsp3) is 0.467. The van der Waals surface area contributed by atoms with Gasteiger partial charge in [-0.05, 0) is 39.2 Å². The molecule has 0 aliphatic heterocycles. The van der Waals surface area contributed by atoms with Crippen molar-refractivity contribution in [2.75, 3.05) is 0 Å². The van der Waals surface area contributed by atoms with Crippen molar-refractivity contribution in [2.45, 2.75) is 40.0 Å². The Morgan fingerprint density at radius 1 is 1.11 bits per heavy atom. The molecule has 1 aromatic rings. The van der Waals surface area contributed by atoms with E-state index in [0.717, 1.165) is 6.42 Å². The van der Waals surface area contributed by atoms with Gasteiger partial charge in [-0.25, -0.2) is 0 Å². The molecular formula is C15H20O3. The first-order chi connectivity index (χ1) is 8.39. The molecule has 0 unspecified atom stereocenters. The van der Waals surface area contributed by atoms with E-state index in [4.69, 9.17) is 4.74 Å². The molecule has 0 heterocycles. The van der Waals surface area contributed by atoms with Gasteiger partial charge in [0.1, 0.15) is 0 Å². The van der Waals surface area contributed by atoms with Crippen molar-refractivity contribution >= 4 is 11.9 Å². The summed E-state index contributed by atoms with van der Waals surface area (Å²) in [6.07, 6.45) is 1.79. The van der Waals surface area contributed by atoms with Crippen molar-refractivity contribution in [3.05, 3.63) is 35.9 Å². The van der Waals surface area contributed by atoms with Gasteiger partial charge in [0, 0.05) is 6.42 Å². The molecule has 0 atom stereocenters. The van der Waals surface area contributed by atoms with Crippen LogP contribution in [0.3, 0.4) is 0 Å². The minimum absolute atomic E-state index is 0.275. The van der Waals surface area contributed by atoms with Gasteiger partial charge < -0.3 is 4.74 Å². The van der Waals surface area contributed by atoms with Crippen LogP contribution in [0.1, 0.15) is 39.2 Å². The summed E-state index contributed by atoms with van der Waals surface area (Å²) in [5.41, 5.74) is 0.558. The van der Waals surface area contributed by atoms with Gasteiger partial charge in [-0.3, -0.25) is 9.59 Å². The lowest BCUT2D eigenvalue weighted by molar-refractivity contribution is -0.165. The van der Waals surface area contributed by atoms with Gasteiger partial charge in [0.05, 0.1) is 5.41 Å². The summed E-state index contributed by atoms with van der Waals surface area (Å²) in [4.78, 5) is 22.9. The Hall–Kier alpha value is -1.64. The maximum absolute atomic E-state index is 11.5.